The highest BCUT2D eigenvalue weighted by Crippen LogP contribution is 2.12. The maximum atomic E-state index is 12.1. The fourth-order valence-electron chi connectivity index (χ4n) is 1.95. The number of amides is 1. The van der Waals surface area contributed by atoms with Gasteiger partial charge in [0.1, 0.15) is 5.76 Å². The molecule has 118 valence electrons. The Bertz CT molecular complexity index is 402. The molecule has 0 fully saturated rings. The first-order valence-corrected chi connectivity index (χ1v) is 7.27. The van der Waals surface area contributed by atoms with Gasteiger partial charge in [-0.05, 0) is 64.6 Å². The Morgan fingerprint density at radius 3 is 2.43 bits per heavy atom. The number of rotatable bonds is 9. The topological polar surface area (TPSA) is 78.3 Å². The number of unbranched alkanes of at least 4 members (excludes halogenated alkanes) is 2. The standard InChI is InChI=1S/C15H26N4O2/c1-6-14(10-8-7-9-11-17-18-16)21-15(20)19(12(2)3)13(4)5/h6,10,12-13H,1,7-9,11H2,2-5H3/b14-10-. The van der Waals surface area contributed by atoms with E-state index in [1.54, 1.807) is 4.90 Å². The van der Waals surface area contributed by atoms with Crippen LogP contribution in [0.1, 0.15) is 47.0 Å². The fraction of sp³-hybridized carbons (Fsp3) is 0.667. The highest BCUT2D eigenvalue weighted by atomic mass is 16.6. The van der Waals surface area contributed by atoms with E-state index in [-0.39, 0.29) is 18.2 Å². The predicted molar refractivity (Wildman–Crippen MR) is 84.7 cm³/mol. The van der Waals surface area contributed by atoms with Crippen molar-refractivity contribution in [1.82, 2.24) is 4.90 Å². The van der Waals surface area contributed by atoms with Gasteiger partial charge in [0.15, 0.2) is 0 Å². The molecule has 0 aliphatic rings. The van der Waals surface area contributed by atoms with Crippen LogP contribution >= 0.6 is 0 Å². The van der Waals surface area contributed by atoms with E-state index >= 15 is 0 Å². The zero-order chi connectivity index (χ0) is 16.3. The van der Waals surface area contributed by atoms with Crippen molar-refractivity contribution in [1.29, 1.82) is 0 Å². The zero-order valence-electron chi connectivity index (χ0n) is 13.5. The van der Waals surface area contributed by atoms with Crippen LogP contribution < -0.4 is 0 Å². The van der Waals surface area contributed by atoms with E-state index in [0.29, 0.717) is 12.3 Å². The SMILES string of the molecule is C=C/C(=C/CCCCN=[N+]=[N-])OC(=O)N(C(C)C)C(C)C. The van der Waals surface area contributed by atoms with Crippen molar-refractivity contribution in [2.24, 2.45) is 5.11 Å². The van der Waals surface area contributed by atoms with Gasteiger partial charge in [0.05, 0.1) is 0 Å². The largest absolute Gasteiger partial charge is 0.415 e. The molecule has 0 rings (SSSR count). The van der Waals surface area contributed by atoms with Crippen LogP contribution in [0.5, 0.6) is 0 Å². The summed E-state index contributed by atoms with van der Waals surface area (Å²) in [4.78, 5) is 16.5. The Hall–Kier alpha value is -1.94. The molecule has 6 heteroatoms. The number of hydrogen-bond acceptors (Lipinski definition) is 3. The van der Waals surface area contributed by atoms with Crippen LogP contribution in [-0.2, 0) is 4.74 Å². The molecule has 0 heterocycles. The van der Waals surface area contributed by atoms with Crippen molar-refractivity contribution in [3.63, 3.8) is 0 Å². The average Bonchev–Trinajstić information content (AvgIpc) is 2.40. The highest BCUT2D eigenvalue weighted by molar-refractivity contribution is 5.70. The van der Waals surface area contributed by atoms with Gasteiger partial charge in [0, 0.05) is 23.5 Å². The van der Waals surface area contributed by atoms with Crippen molar-refractivity contribution in [2.45, 2.75) is 59.0 Å². The van der Waals surface area contributed by atoms with Crippen molar-refractivity contribution in [3.05, 3.63) is 34.9 Å². The fourth-order valence-corrected chi connectivity index (χ4v) is 1.95. The van der Waals surface area contributed by atoms with E-state index in [4.69, 9.17) is 10.3 Å². The van der Waals surface area contributed by atoms with Gasteiger partial charge < -0.3 is 9.64 Å². The summed E-state index contributed by atoms with van der Waals surface area (Å²) in [7, 11) is 0. The number of allylic oxidation sites excluding steroid dienone is 2. The lowest BCUT2D eigenvalue weighted by Crippen LogP contribution is -2.42. The Kier molecular flexibility index (Phi) is 9.80. The average molecular weight is 294 g/mol. The van der Waals surface area contributed by atoms with Crippen LogP contribution in [0.15, 0.2) is 29.6 Å². The number of hydrogen-bond donors (Lipinski definition) is 0. The van der Waals surface area contributed by atoms with Crippen LogP contribution in [0.4, 0.5) is 4.79 Å². The quantitative estimate of drug-likeness (QED) is 0.153. The second-order valence-electron chi connectivity index (χ2n) is 5.22. The molecule has 0 aromatic heterocycles. The normalized spacial score (nSPS) is 11.2. The first-order valence-electron chi connectivity index (χ1n) is 7.27. The summed E-state index contributed by atoms with van der Waals surface area (Å²) in [5.41, 5.74) is 8.16. The molecule has 0 saturated carbocycles. The zero-order valence-corrected chi connectivity index (χ0v) is 13.5. The summed E-state index contributed by atoms with van der Waals surface area (Å²) >= 11 is 0. The van der Waals surface area contributed by atoms with Gasteiger partial charge in [-0.1, -0.05) is 11.7 Å². The number of ether oxygens (including phenoxy) is 1. The van der Waals surface area contributed by atoms with E-state index in [2.05, 4.69) is 16.6 Å². The van der Waals surface area contributed by atoms with Gasteiger partial charge in [0.25, 0.3) is 0 Å². The van der Waals surface area contributed by atoms with Crippen molar-refractivity contribution < 1.29 is 9.53 Å². The lowest BCUT2D eigenvalue weighted by atomic mass is 10.2. The molecule has 0 aromatic carbocycles. The first kappa shape index (κ1) is 19.1. The third-order valence-corrected chi connectivity index (χ3v) is 2.85. The molecule has 0 unspecified atom stereocenters. The van der Waals surface area contributed by atoms with Gasteiger partial charge >= 0.3 is 6.09 Å². The monoisotopic (exact) mass is 294 g/mol. The van der Waals surface area contributed by atoms with Crippen molar-refractivity contribution >= 4 is 6.09 Å². The third-order valence-electron chi connectivity index (χ3n) is 2.85. The predicted octanol–water partition coefficient (Wildman–Crippen LogP) is 4.79. The van der Waals surface area contributed by atoms with Crippen LogP contribution in [0.25, 0.3) is 10.4 Å². The lowest BCUT2D eigenvalue weighted by Gasteiger charge is -2.29. The molecule has 0 aliphatic heterocycles. The Morgan fingerprint density at radius 1 is 1.33 bits per heavy atom. The summed E-state index contributed by atoms with van der Waals surface area (Å²) in [6.45, 7) is 12.0. The molecular formula is C15H26N4O2. The molecule has 0 N–H and O–H groups in total. The van der Waals surface area contributed by atoms with Gasteiger partial charge in [-0.3, -0.25) is 0 Å². The minimum Gasteiger partial charge on any atom is -0.411 e. The summed E-state index contributed by atoms with van der Waals surface area (Å²) in [5.74, 6) is 0.468. The van der Waals surface area contributed by atoms with E-state index in [1.807, 2.05) is 33.8 Å². The first-order chi connectivity index (χ1) is 9.93. The van der Waals surface area contributed by atoms with Crippen LogP contribution in [0, 0.1) is 0 Å². The van der Waals surface area contributed by atoms with E-state index in [1.165, 1.54) is 6.08 Å². The Labute approximate surface area is 127 Å². The summed E-state index contributed by atoms with van der Waals surface area (Å²) in [5, 5.41) is 3.47. The molecule has 0 aromatic rings. The molecule has 0 aliphatic carbocycles. The molecule has 0 spiro atoms. The van der Waals surface area contributed by atoms with Crippen LogP contribution in [0.2, 0.25) is 0 Å². The molecule has 0 saturated heterocycles. The lowest BCUT2D eigenvalue weighted by molar-refractivity contribution is 0.104. The molecule has 0 atom stereocenters. The number of azide groups is 1. The summed E-state index contributed by atoms with van der Waals surface area (Å²) in [6, 6.07) is 0.153. The van der Waals surface area contributed by atoms with E-state index < -0.39 is 0 Å². The minimum atomic E-state index is -0.361. The van der Waals surface area contributed by atoms with Crippen LogP contribution in [0.3, 0.4) is 0 Å². The van der Waals surface area contributed by atoms with Gasteiger partial charge in [0.2, 0.25) is 0 Å². The van der Waals surface area contributed by atoms with Gasteiger partial charge in [-0.15, -0.1) is 0 Å². The summed E-state index contributed by atoms with van der Waals surface area (Å²) in [6.07, 6.45) is 5.43. The number of nitrogens with zero attached hydrogens (tertiary/aromatic N) is 4. The van der Waals surface area contributed by atoms with E-state index in [9.17, 15) is 4.79 Å². The van der Waals surface area contributed by atoms with Gasteiger partial charge in [-0.2, -0.15) is 0 Å². The third kappa shape index (κ3) is 8.05. The molecule has 21 heavy (non-hydrogen) atoms. The van der Waals surface area contributed by atoms with Gasteiger partial charge in [-0.25, -0.2) is 4.79 Å². The molecule has 0 bridgehead atoms. The second-order valence-corrected chi connectivity index (χ2v) is 5.22. The van der Waals surface area contributed by atoms with Crippen molar-refractivity contribution in [2.75, 3.05) is 6.54 Å². The smallest absolute Gasteiger partial charge is 0.411 e. The number of carbonyl (C=O) groups excluding carboxylic acids is 1. The summed E-state index contributed by atoms with van der Waals surface area (Å²) < 4.78 is 5.36. The second kappa shape index (κ2) is 10.8. The Balaban J connectivity index is 4.43. The molecule has 1 amide bonds. The van der Waals surface area contributed by atoms with E-state index in [0.717, 1.165) is 19.3 Å². The Morgan fingerprint density at radius 2 is 1.95 bits per heavy atom. The maximum Gasteiger partial charge on any atom is 0.415 e. The maximum absolute atomic E-state index is 12.1. The molecule has 0 radical (unpaired) electrons. The minimum absolute atomic E-state index is 0.0763. The van der Waals surface area contributed by atoms with Crippen molar-refractivity contribution in [3.8, 4) is 0 Å². The molecular weight excluding hydrogens is 268 g/mol. The number of carbonyl (C=O) groups is 1. The highest BCUT2D eigenvalue weighted by Gasteiger charge is 2.22. The molecule has 6 nitrogen and oxygen atoms in total. The van der Waals surface area contributed by atoms with Crippen LogP contribution in [-0.4, -0.2) is 29.6 Å².